The number of aryl methyl sites for hydroxylation is 1. The van der Waals surface area contributed by atoms with E-state index in [-0.39, 0.29) is 24.0 Å². The first-order valence-electron chi connectivity index (χ1n) is 8.87. The number of guanidine groups is 1. The van der Waals surface area contributed by atoms with Crippen molar-refractivity contribution in [1.82, 2.24) is 30.1 Å². The molecule has 9 heteroatoms. The molecule has 1 N–H and O–H groups in total. The van der Waals surface area contributed by atoms with Crippen molar-refractivity contribution in [2.75, 3.05) is 39.3 Å². The van der Waals surface area contributed by atoms with Gasteiger partial charge in [-0.05, 0) is 18.9 Å². The average molecular weight is 473 g/mol. The molecule has 0 aliphatic carbocycles. The van der Waals surface area contributed by atoms with Gasteiger partial charge >= 0.3 is 0 Å². The van der Waals surface area contributed by atoms with Crippen LogP contribution < -0.4 is 5.32 Å². The summed E-state index contributed by atoms with van der Waals surface area (Å²) in [5.74, 6) is 1.01. The van der Waals surface area contributed by atoms with Crippen LogP contribution in [0, 0.1) is 0 Å². The summed E-state index contributed by atoms with van der Waals surface area (Å²) < 4.78 is 6.74. The molecule has 1 aliphatic heterocycles. The summed E-state index contributed by atoms with van der Waals surface area (Å²) in [7, 11) is 1.94. The van der Waals surface area contributed by atoms with Gasteiger partial charge < -0.3 is 14.7 Å². The highest BCUT2D eigenvalue weighted by atomic mass is 127. The summed E-state index contributed by atoms with van der Waals surface area (Å²) in [6.45, 7) is 8.54. The highest BCUT2D eigenvalue weighted by Gasteiger charge is 2.20. The van der Waals surface area contributed by atoms with E-state index in [4.69, 9.17) is 9.52 Å². The molecule has 1 saturated heterocycles. The van der Waals surface area contributed by atoms with Gasteiger partial charge in [0.25, 0.3) is 0 Å². The summed E-state index contributed by atoms with van der Waals surface area (Å²) >= 11 is 0. The minimum absolute atomic E-state index is 0. The van der Waals surface area contributed by atoms with E-state index in [9.17, 15) is 0 Å². The Morgan fingerprint density at radius 3 is 2.73 bits per heavy atom. The molecule has 0 bridgehead atoms. The summed E-state index contributed by atoms with van der Waals surface area (Å²) in [5, 5.41) is 11.6. The van der Waals surface area contributed by atoms with Gasteiger partial charge in [0, 0.05) is 65.1 Å². The minimum atomic E-state index is 0. The summed E-state index contributed by atoms with van der Waals surface area (Å²) in [4.78, 5) is 9.53. The lowest BCUT2D eigenvalue weighted by molar-refractivity contribution is 0.169. The summed E-state index contributed by atoms with van der Waals surface area (Å²) in [6.07, 6.45) is 6.49. The maximum absolute atomic E-state index is 4.91. The van der Waals surface area contributed by atoms with Crippen LogP contribution in [0.5, 0.6) is 0 Å². The van der Waals surface area contributed by atoms with Gasteiger partial charge in [0.15, 0.2) is 5.96 Å². The van der Waals surface area contributed by atoms with Crippen molar-refractivity contribution in [2.45, 2.75) is 19.9 Å². The van der Waals surface area contributed by atoms with Gasteiger partial charge in [-0.15, -0.1) is 24.0 Å². The molecule has 0 unspecified atom stereocenters. The van der Waals surface area contributed by atoms with Gasteiger partial charge in [-0.2, -0.15) is 5.10 Å². The number of aliphatic imine (C=N–C) groups is 1. The SMILES string of the molecule is CCNC(=NCCc1cnn(C)c1)N1CCN(Cc2ccon2)CC1.I. The van der Waals surface area contributed by atoms with Crippen LogP contribution in [0.25, 0.3) is 0 Å². The molecule has 3 heterocycles. The van der Waals surface area contributed by atoms with Crippen LogP contribution in [0.4, 0.5) is 0 Å². The molecule has 0 amide bonds. The van der Waals surface area contributed by atoms with Crippen molar-refractivity contribution < 1.29 is 4.52 Å². The Kier molecular flexibility index (Phi) is 8.36. The topological polar surface area (TPSA) is 74.7 Å². The fourth-order valence-electron chi connectivity index (χ4n) is 2.98. The number of rotatable bonds is 6. The quantitative estimate of drug-likeness (QED) is 0.388. The lowest BCUT2D eigenvalue weighted by Crippen LogP contribution is -2.52. The third kappa shape index (κ3) is 5.97. The van der Waals surface area contributed by atoms with Crippen LogP contribution in [0.3, 0.4) is 0 Å². The number of halogens is 1. The number of hydrogen-bond donors (Lipinski definition) is 1. The molecule has 144 valence electrons. The molecule has 3 rings (SSSR count). The fourth-order valence-corrected chi connectivity index (χ4v) is 2.98. The third-order valence-corrected chi connectivity index (χ3v) is 4.30. The van der Waals surface area contributed by atoms with Crippen LogP contribution in [-0.4, -0.2) is 70.0 Å². The molecule has 2 aromatic rings. The van der Waals surface area contributed by atoms with E-state index < -0.39 is 0 Å². The van der Waals surface area contributed by atoms with Gasteiger partial charge in [-0.1, -0.05) is 5.16 Å². The first-order chi connectivity index (χ1) is 12.2. The molecule has 0 atom stereocenters. The molecule has 2 aromatic heterocycles. The van der Waals surface area contributed by atoms with Crippen LogP contribution in [-0.2, 0) is 20.0 Å². The normalized spacial score (nSPS) is 15.8. The molecule has 0 spiro atoms. The van der Waals surface area contributed by atoms with Crippen LogP contribution >= 0.6 is 24.0 Å². The van der Waals surface area contributed by atoms with Crippen molar-refractivity contribution in [3.63, 3.8) is 0 Å². The lowest BCUT2D eigenvalue weighted by Gasteiger charge is -2.36. The zero-order valence-electron chi connectivity index (χ0n) is 15.5. The van der Waals surface area contributed by atoms with E-state index in [0.717, 1.165) is 63.9 Å². The summed E-state index contributed by atoms with van der Waals surface area (Å²) in [6, 6.07) is 1.93. The van der Waals surface area contributed by atoms with Crippen molar-refractivity contribution in [2.24, 2.45) is 12.0 Å². The Hall–Kier alpha value is -1.62. The highest BCUT2D eigenvalue weighted by molar-refractivity contribution is 14.0. The summed E-state index contributed by atoms with van der Waals surface area (Å²) in [5.41, 5.74) is 2.21. The largest absolute Gasteiger partial charge is 0.364 e. The zero-order chi connectivity index (χ0) is 17.5. The Balaban J connectivity index is 0.00000243. The second kappa shape index (κ2) is 10.5. The van der Waals surface area contributed by atoms with Crippen molar-refractivity contribution in [1.29, 1.82) is 0 Å². The number of hydrogen-bond acceptors (Lipinski definition) is 5. The molecule has 0 saturated carbocycles. The lowest BCUT2D eigenvalue weighted by atomic mass is 10.2. The van der Waals surface area contributed by atoms with Crippen LogP contribution in [0.2, 0.25) is 0 Å². The Morgan fingerprint density at radius 2 is 2.12 bits per heavy atom. The van der Waals surface area contributed by atoms with E-state index in [1.807, 2.05) is 30.2 Å². The molecule has 26 heavy (non-hydrogen) atoms. The highest BCUT2D eigenvalue weighted by Crippen LogP contribution is 2.07. The standard InChI is InChI=1S/C17H27N7O.HI/c1-3-18-17(19-6-4-15-12-20-22(2)13-15)24-9-7-23(8-10-24)14-16-5-11-25-21-16;/h5,11-13H,3-4,6-10,14H2,1-2H3,(H,18,19);1H. The molecule has 8 nitrogen and oxygen atoms in total. The van der Waals surface area contributed by atoms with Gasteiger partial charge in [0.1, 0.15) is 6.26 Å². The van der Waals surface area contributed by atoms with E-state index in [2.05, 4.69) is 32.3 Å². The Bertz CT molecular complexity index is 662. The number of nitrogens with one attached hydrogen (secondary N) is 1. The van der Waals surface area contributed by atoms with Crippen LogP contribution in [0.15, 0.2) is 34.2 Å². The third-order valence-electron chi connectivity index (χ3n) is 4.30. The van der Waals surface area contributed by atoms with Crippen molar-refractivity contribution >= 4 is 29.9 Å². The molecular formula is C17H28IN7O. The molecule has 1 fully saturated rings. The fraction of sp³-hybridized carbons (Fsp3) is 0.588. The van der Waals surface area contributed by atoms with Crippen molar-refractivity contribution in [3.8, 4) is 0 Å². The number of nitrogens with zero attached hydrogens (tertiary/aromatic N) is 6. The second-order valence-corrected chi connectivity index (χ2v) is 6.26. The number of aromatic nitrogens is 3. The maximum atomic E-state index is 4.91. The van der Waals surface area contributed by atoms with E-state index in [1.54, 1.807) is 6.26 Å². The van der Waals surface area contributed by atoms with Gasteiger partial charge in [0.2, 0.25) is 0 Å². The van der Waals surface area contributed by atoms with E-state index in [0.29, 0.717) is 0 Å². The maximum Gasteiger partial charge on any atom is 0.194 e. The Labute approximate surface area is 171 Å². The van der Waals surface area contributed by atoms with Gasteiger partial charge in [-0.25, -0.2) is 0 Å². The molecule has 0 aromatic carbocycles. The first kappa shape index (κ1) is 20.7. The number of piperazine rings is 1. The predicted octanol–water partition coefficient (Wildman–Crippen LogP) is 1.35. The van der Waals surface area contributed by atoms with Crippen LogP contribution in [0.1, 0.15) is 18.2 Å². The zero-order valence-corrected chi connectivity index (χ0v) is 17.8. The molecule has 1 aliphatic rings. The predicted molar refractivity (Wildman–Crippen MR) is 112 cm³/mol. The van der Waals surface area contributed by atoms with Crippen molar-refractivity contribution in [3.05, 3.63) is 36.0 Å². The second-order valence-electron chi connectivity index (χ2n) is 6.26. The average Bonchev–Trinajstić information content (AvgIpc) is 3.27. The van der Waals surface area contributed by atoms with E-state index >= 15 is 0 Å². The van der Waals surface area contributed by atoms with Gasteiger partial charge in [0.05, 0.1) is 11.9 Å². The van der Waals surface area contributed by atoms with Gasteiger partial charge in [-0.3, -0.25) is 14.6 Å². The Morgan fingerprint density at radius 1 is 1.31 bits per heavy atom. The molecule has 0 radical (unpaired) electrons. The first-order valence-corrected chi connectivity index (χ1v) is 8.87. The monoisotopic (exact) mass is 473 g/mol. The molecular weight excluding hydrogens is 445 g/mol. The minimum Gasteiger partial charge on any atom is -0.364 e. The smallest absolute Gasteiger partial charge is 0.194 e. The van der Waals surface area contributed by atoms with E-state index in [1.165, 1.54) is 5.56 Å².